The van der Waals surface area contributed by atoms with E-state index in [1.54, 1.807) is 30.3 Å². The van der Waals surface area contributed by atoms with Gasteiger partial charge in [-0.2, -0.15) is 8.78 Å². The molecule has 0 aliphatic carbocycles. The van der Waals surface area contributed by atoms with Crippen LogP contribution in [0.25, 0.3) is 0 Å². The van der Waals surface area contributed by atoms with Crippen LogP contribution in [-0.2, 0) is 0 Å². The maximum atomic E-state index is 13.1. The van der Waals surface area contributed by atoms with Gasteiger partial charge in [0.25, 0.3) is 5.76 Å². The maximum absolute atomic E-state index is 13.1. The van der Waals surface area contributed by atoms with Crippen molar-refractivity contribution in [2.75, 3.05) is 5.32 Å². The van der Waals surface area contributed by atoms with Crippen molar-refractivity contribution in [1.82, 2.24) is 0 Å². The van der Waals surface area contributed by atoms with E-state index < -0.39 is 5.76 Å². The molecule has 1 unspecified atom stereocenters. The number of hydrogen-bond acceptors (Lipinski definition) is 2. The van der Waals surface area contributed by atoms with Gasteiger partial charge in [0.15, 0.2) is 0 Å². The lowest BCUT2D eigenvalue weighted by Crippen LogP contribution is -2.06. The van der Waals surface area contributed by atoms with Crippen molar-refractivity contribution in [2.45, 2.75) is 23.6 Å². The molecule has 0 saturated heterocycles. The van der Waals surface area contributed by atoms with Crippen LogP contribution in [0.3, 0.4) is 0 Å². The number of alkyl halides is 2. The number of thioether (sulfide) groups is 1. The van der Waals surface area contributed by atoms with Gasteiger partial charge in [0.1, 0.15) is 5.82 Å². The smallest absolute Gasteiger partial charge is 0.288 e. The fraction of sp³-hybridized carbons (Fsp3) is 0.200. The molecule has 0 spiro atoms. The lowest BCUT2D eigenvalue weighted by Gasteiger charge is -2.16. The van der Waals surface area contributed by atoms with E-state index in [9.17, 15) is 13.2 Å². The highest BCUT2D eigenvalue weighted by Crippen LogP contribution is 2.27. The quantitative estimate of drug-likeness (QED) is 0.750. The molecule has 0 aliphatic rings. The molecule has 2 aromatic carbocycles. The molecule has 0 amide bonds. The maximum Gasteiger partial charge on any atom is 0.288 e. The van der Waals surface area contributed by atoms with Crippen molar-refractivity contribution < 1.29 is 13.2 Å². The van der Waals surface area contributed by atoms with Gasteiger partial charge < -0.3 is 5.32 Å². The summed E-state index contributed by atoms with van der Waals surface area (Å²) in [6.07, 6.45) is 0. The molecule has 0 radical (unpaired) electrons. The summed E-state index contributed by atoms with van der Waals surface area (Å²) in [6, 6.07) is 13.0. The molecule has 1 N–H and O–H groups in total. The minimum atomic E-state index is -2.42. The Kier molecular flexibility index (Phi) is 4.95. The summed E-state index contributed by atoms with van der Waals surface area (Å²) in [5.74, 6) is -2.69. The van der Waals surface area contributed by atoms with Gasteiger partial charge in [-0.05, 0) is 48.9 Å². The Labute approximate surface area is 120 Å². The number of anilines is 1. The van der Waals surface area contributed by atoms with Crippen LogP contribution < -0.4 is 5.32 Å². The topological polar surface area (TPSA) is 12.0 Å². The fourth-order valence-electron chi connectivity index (χ4n) is 1.84. The zero-order valence-electron chi connectivity index (χ0n) is 10.8. The summed E-state index contributed by atoms with van der Waals surface area (Å²) in [6.45, 7) is 1.91. The summed E-state index contributed by atoms with van der Waals surface area (Å²) in [4.78, 5) is 0.518. The van der Waals surface area contributed by atoms with Gasteiger partial charge in [-0.15, -0.1) is 0 Å². The van der Waals surface area contributed by atoms with Crippen molar-refractivity contribution in [2.24, 2.45) is 0 Å². The molecule has 0 fully saturated rings. The van der Waals surface area contributed by atoms with Crippen LogP contribution in [-0.4, -0.2) is 5.76 Å². The third-order valence-electron chi connectivity index (χ3n) is 2.81. The van der Waals surface area contributed by atoms with Crippen LogP contribution in [0, 0.1) is 5.82 Å². The second kappa shape index (κ2) is 6.70. The van der Waals surface area contributed by atoms with Gasteiger partial charge in [-0.3, -0.25) is 0 Å². The van der Waals surface area contributed by atoms with Crippen molar-refractivity contribution in [1.29, 1.82) is 0 Å². The fourth-order valence-corrected chi connectivity index (χ4v) is 2.34. The van der Waals surface area contributed by atoms with Gasteiger partial charge in [0, 0.05) is 16.6 Å². The van der Waals surface area contributed by atoms with Crippen molar-refractivity contribution in [3.63, 3.8) is 0 Å². The molecule has 0 saturated carbocycles. The first-order chi connectivity index (χ1) is 9.54. The Balaban J connectivity index is 2.02. The Morgan fingerprint density at radius 3 is 2.35 bits per heavy atom. The largest absolute Gasteiger partial charge is 0.379 e. The van der Waals surface area contributed by atoms with Crippen LogP contribution in [0.4, 0.5) is 18.9 Å². The Bertz CT molecular complexity index is 557. The van der Waals surface area contributed by atoms with E-state index in [1.165, 1.54) is 12.1 Å². The number of benzene rings is 2. The van der Waals surface area contributed by atoms with Crippen molar-refractivity contribution in [3.8, 4) is 0 Å². The van der Waals surface area contributed by atoms with E-state index in [4.69, 9.17) is 0 Å². The van der Waals surface area contributed by atoms with E-state index in [0.717, 1.165) is 11.3 Å². The highest BCUT2D eigenvalue weighted by atomic mass is 32.2. The second-order valence-electron chi connectivity index (χ2n) is 4.32. The van der Waals surface area contributed by atoms with E-state index in [0.29, 0.717) is 16.7 Å². The Morgan fingerprint density at radius 1 is 1.05 bits per heavy atom. The highest BCUT2D eigenvalue weighted by Gasteiger charge is 2.08. The predicted molar refractivity (Wildman–Crippen MR) is 76.7 cm³/mol. The van der Waals surface area contributed by atoms with E-state index in [-0.39, 0.29) is 11.9 Å². The lowest BCUT2D eigenvalue weighted by atomic mass is 10.1. The molecule has 0 aliphatic heterocycles. The van der Waals surface area contributed by atoms with Crippen molar-refractivity contribution >= 4 is 17.4 Å². The molecule has 106 valence electrons. The Hall–Kier alpha value is -1.62. The van der Waals surface area contributed by atoms with Crippen LogP contribution in [0.1, 0.15) is 18.5 Å². The first kappa shape index (κ1) is 14.8. The van der Waals surface area contributed by atoms with Crippen LogP contribution >= 0.6 is 11.8 Å². The molecular formula is C15H14F3NS. The van der Waals surface area contributed by atoms with Gasteiger partial charge in [0.2, 0.25) is 0 Å². The average molecular weight is 297 g/mol. The average Bonchev–Trinajstić information content (AvgIpc) is 2.40. The number of nitrogens with one attached hydrogen (secondary N) is 1. The first-order valence-electron chi connectivity index (χ1n) is 6.11. The van der Waals surface area contributed by atoms with Gasteiger partial charge in [-0.1, -0.05) is 23.9 Å². The molecule has 5 heteroatoms. The molecule has 0 heterocycles. The van der Waals surface area contributed by atoms with E-state index >= 15 is 0 Å². The SMILES string of the molecule is CC(Nc1ccc(SC(F)F)cc1)c1cccc(F)c1. The van der Waals surface area contributed by atoms with Crippen LogP contribution in [0.15, 0.2) is 53.4 Å². The molecule has 1 atom stereocenters. The molecule has 20 heavy (non-hydrogen) atoms. The summed E-state index contributed by atoms with van der Waals surface area (Å²) in [5.41, 5.74) is 1.64. The number of rotatable bonds is 5. The van der Waals surface area contributed by atoms with E-state index in [1.807, 2.05) is 13.0 Å². The minimum absolute atomic E-state index is 0.0701. The lowest BCUT2D eigenvalue weighted by molar-refractivity contribution is 0.252. The predicted octanol–water partition coefficient (Wildman–Crippen LogP) is 5.31. The summed E-state index contributed by atoms with van der Waals surface area (Å²) in [7, 11) is 0. The summed E-state index contributed by atoms with van der Waals surface area (Å²) in [5, 5.41) is 3.20. The zero-order chi connectivity index (χ0) is 14.5. The molecular weight excluding hydrogens is 283 g/mol. The highest BCUT2D eigenvalue weighted by molar-refractivity contribution is 7.99. The van der Waals surface area contributed by atoms with Gasteiger partial charge in [0.05, 0.1) is 0 Å². The monoisotopic (exact) mass is 297 g/mol. The van der Waals surface area contributed by atoms with Crippen LogP contribution in [0.2, 0.25) is 0 Å². The van der Waals surface area contributed by atoms with Gasteiger partial charge >= 0.3 is 0 Å². The summed E-state index contributed by atoms with van der Waals surface area (Å²) >= 11 is 0.514. The molecule has 1 nitrogen and oxygen atoms in total. The molecule has 0 aromatic heterocycles. The molecule has 2 rings (SSSR count). The third-order valence-corrected chi connectivity index (χ3v) is 3.53. The normalized spacial score (nSPS) is 12.4. The third kappa shape index (κ3) is 4.20. The first-order valence-corrected chi connectivity index (χ1v) is 6.99. The molecule has 0 bridgehead atoms. The summed E-state index contributed by atoms with van der Waals surface area (Å²) < 4.78 is 37.5. The van der Waals surface area contributed by atoms with Crippen LogP contribution in [0.5, 0.6) is 0 Å². The zero-order valence-corrected chi connectivity index (χ0v) is 11.6. The number of hydrogen-bond donors (Lipinski definition) is 1. The van der Waals surface area contributed by atoms with Gasteiger partial charge in [-0.25, -0.2) is 4.39 Å². The second-order valence-corrected chi connectivity index (χ2v) is 5.39. The molecule has 2 aromatic rings. The van der Waals surface area contributed by atoms with E-state index in [2.05, 4.69) is 5.32 Å². The standard InChI is InChI=1S/C15H14F3NS/c1-10(11-3-2-4-12(16)9-11)19-13-5-7-14(8-6-13)20-15(17)18/h2-10,15,19H,1H3. The Morgan fingerprint density at radius 2 is 1.75 bits per heavy atom. The minimum Gasteiger partial charge on any atom is -0.379 e. The van der Waals surface area contributed by atoms with Crippen molar-refractivity contribution in [3.05, 3.63) is 59.9 Å². The number of halogens is 3.